The lowest BCUT2D eigenvalue weighted by Crippen LogP contribution is -2.29. The van der Waals surface area contributed by atoms with E-state index in [2.05, 4.69) is 13.8 Å². The number of esters is 1. The second kappa shape index (κ2) is 38.2. The third-order valence-electron chi connectivity index (χ3n) is 9.29. The molecule has 0 radical (unpaired) electrons. The Bertz CT molecular complexity index is 754. The lowest BCUT2D eigenvalue weighted by atomic mass is 10.0. The SMILES string of the molecule is CCCCCCCCCCCCCCCCCCCC(=O)O[C@H](COCCCCCCCCCCCCCC)COP(=O)(O)OC[C@@H](O)CO. The minimum absolute atomic E-state index is 0.0576. The fourth-order valence-electron chi connectivity index (χ4n) is 6.06. The number of carbonyl (C=O) groups excluding carboxylic acids is 1. The molecule has 0 spiro atoms. The van der Waals surface area contributed by atoms with E-state index in [1.54, 1.807) is 0 Å². The summed E-state index contributed by atoms with van der Waals surface area (Å²) in [6.45, 7) is 3.56. The molecule has 0 aromatic heterocycles. The fraction of sp³-hybridized carbons (Fsp3) is 0.975. The minimum atomic E-state index is -4.50. The van der Waals surface area contributed by atoms with Crippen LogP contribution in [0.4, 0.5) is 0 Å². The average molecular weight is 737 g/mol. The Labute approximate surface area is 308 Å². The standard InChI is InChI=1S/C40H81O9P/c1-3-5-7-9-11-13-15-17-18-19-20-21-22-24-26-28-30-32-40(43)49-39(37-48-50(44,45)47-35-38(42)34-41)36-46-33-31-29-27-25-23-16-14-12-10-8-6-4-2/h38-39,41-42H,3-37H2,1-2H3,(H,44,45)/t38-,39+/m0/s1. The van der Waals surface area contributed by atoms with Crippen molar-refractivity contribution in [2.24, 2.45) is 0 Å². The van der Waals surface area contributed by atoms with Gasteiger partial charge in [0.2, 0.25) is 0 Å². The molecule has 3 atom stereocenters. The molecule has 0 rings (SSSR count). The molecule has 0 aromatic rings. The smallest absolute Gasteiger partial charge is 0.457 e. The molecule has 3 N–H and O–H groups in total. The fourth-order valence-corrected chi connectivity index (χ4v) is 6.85. The van der Waals surface area contributed by atoms with Gasteiger partial charge in [0.1, 0.15) is 12.2 Å². The number of ether oxygens (including phenoxy) is 2. The topological polar surface area (TPSA) is 132 Å². The number of aliphatic hydroxyl groups excluding tert-OH is 2. The van der Waals surface area contributed by atoms with Crippen molar-refractivity contribution in [3.63, 3.8) is 0 Å². The molecule has 1 unspecified atom stereocenters. The normalized spacial score (nSPS) is 14.1. The van der Waals surface area contributed by atoms with Gasteiger partial charge < -0.3 is 24.6 Å². The summed E-state index contributed by atoms with van der Waals surface area (Å²) < 4.78 is 33.3. The van der Waals surface area contributed by atoms with Crippen LogP contribution in [-0.2, 0) is 27.9 Å². The second-order valence-electron chi connectivity index (χ2n) is 14.4. The zero-order valence-corrected chi connectivity index (χ0v) is 33.5. The van der Waals surface area contributed by atoms with Gasteiger partial charge in [-0.1, -0.05) is 187 Å². The molecule has 10 heteroatoms. The van der Waals surface area contributed by atoms with E-state index in [4.69, 9.17) is 23.6 Å². The molecular weight excluding hydrogens is 655 g/mol. The number of hydrogen-bond acceptors (Lipinski definition) is 8. The van der Waals surface area contributed by atoms with Gasteiger partial charge in [-0.25, -0.2) is 4.57 Å². The maximum Gasteiger partial charge on any atom is 0.472 e. The Kier molecular flexibility index (Phi) is 37.8. The predicted octanol–water partition coefficient (Wildman–Crippen LogP) is 11.1. The highest BCUT2D eigenvalue weighted by Gasteiger charge is 2.26. The molecular formula is C40H81O9P. The monoisotopic (exact) mass is 737 g/mol. The van der Waals surface area contributed by atoms with Crippen molar-refractivity contribution in [1.29, 1.82) is 0 Å². The molecule has 0 aliphatic rings. The first-order valence-corrected chi connectivity index (χ1v) is 22.5. The van der Waals surface area contributed by atoms with E-state index >= 15 is 0 Å². The number of phosphoric ester groups is 1. The molecule has 50 heavy (non-hydrogen) atoms. The zero-order chi connectivity index (χ0) is 36.8. The van der Waals surface area contributed by atoms with Crippen LogP contribution in [0.2, 0.25) is 0 Å². The summed E-state index contributed by atoms with van der Waals surface area (Å²) in [4.78, 5) is 22.5. The quantitative estimate of drug-likeness (QED) is 0.0319. The minimum Gasteiger partial charge on any atom is -0.457 e. The largest absolute Gasteiger partial charge is 0.472 e. The van der Waals surface area contributed by atoms with Crippen LogP contribution in [0, 0.1) is 0 Å². The van der Waals surface area contributed by atoms with E-state index < -0.39 is 33.2 Å². The molecule has 0 saturated carbocycles. The van der Waals surface area contributed by atoms with E-state index in [0.29, 0.717) is 6.61 Å². The summed E-state index contributed by atoms with van der Waals surface area (Å²) in [6.07, 6.45) is 34.8. The van der Waals surface area contributed by atoms with Crippen molar-refractivity contribution < 1.29 is 43.0 Å². The van der Waals surface area contributed by atoms with E-state index in [-0.39, 0.29) is 25.6 Å². The number of aliphatic hydroxyl groups is 2. The van der Waals surface area contributed by atoms with Crippen molar-refractivity contribution in [3.8, 4) is 0 Å². The first kappa shape index (κ1) is 49.5. The molecule has 0 heterocycles. The van der Waals surface area contributed by atoms with Crippen LogP contribution in [0.1, 0.15) is 206 Å². The number of unbranched alkanes of at least 4 members (excludes halogenated alkanes) is 27. The Balaban J connectivity index is 4.12. The number of carbonyl (C=O) groups is 1. The van der Waals surface area contributed by atoms with Gasteiger partial charge in [-0.05, 0) is 12.8 Å². The van der Waals surface area contributed by atoms with Crippen molar-refractivity contribution in [2.75, 3.05) is 33.0 Å². The summed E-state index contributed by atoms with van der Waals surface area (Å²) in [5, 5.41) is 18.3. The molecule has 0 aliphatic heterocycles. The van der Waals surface area contributed by atoms with Crippen LogP contribution in [0.3, 0.4) is 0 Å². The van der Waals surface area contributed by atoms with Gasteiger partial charge >= 0.3 is 13.8 Å². The predicted molar refractivity (Wildman–Crippen MR) is 205 cm³/mol. The molecule has 0 aliphatic carbocycles. The van der Waals surface area contributed by atoms with Crippen molar-refractivity contribution in [2.45, 2.75) is 219 Å². The van der Waals surface area contributed by atoms with Crippen LogP contribution in [-0.4, -0.2) is 66.3 Å². The number of hydrogen-bond donors (Lipinski definition) is 3. The molecule has 0 amide bonds. The molecule has 0 bridgehead atoms. The first-order valence-electron chi connectivity index (χ1n) is 21.0. The van der Waals surface area contributed by atoms with Crippen molar-refractivity contribution >= 4 is 13.8 Å². The van der Waals surface area contributed by atoms with Gasteiger partial charge in [-0.3, -0.25) is 13.8 Å². The molecule has 0 aromatic carbocycles. The average Bonchev–Trinajstić information content (AvgIpc) is 3.10. The third-order valence-corrected chi connectivity index (χ3v) is 10.2. The summed E-state index contributed by atoms with van der Waals surface area (Å²) in [7, 11) is -4.50. The highest BCUT2D eigenvalue weighted by Crippen LogP contribution is 2.43. The van der Waals surface area contributed by atoms with Crippen molar-refractivity contribution in [1.82, 2.24) is 0 Å². The van der Waals surface area contributed by atoms with Gasteiger partial charge in [-0.15, -0.1) is 0 Å². The maximum absolute atomic E-state index is 12.6. The molecule has 9 nitrogen and oxygen atoms in total. The van der Waals surface area contributed by atoms with E-state index in [0.717, 1.165) is 32.1 Å². The number of rotatable bonds is 41. The molecule has 300 valence electrons. The highest BCUT2D eigenvalue weighted by atomic mass is 31.2. The maximum atomic E-state index is 12.6. The van der Waals surface area contributed by atoms with E-state index in [9.17, 15) is 19.4 Å². The lowest BCUT2D eigenvalue weighted by Gasteiger charge is -2.20. The van der Waals surface area contributed by atoms with Crippen LogP contribution in [0.25, 0.3) is 0 Å². The number of phosphoric acid groups is 1. The summed E-state index contributed by atoms with van der Waals surface area (Å²) in [5.41, 5.74) is 0. The van der Waals surface area contributed by atoms with Gasteiger partial charge in [-0.2, -0.15) is 0 Å². The van der Waals surface area contributed by atoms with Gasteiger partial charge in [0.05, 0.1) is 26.4 Å². The van der Waals surface area contributed by atoms with Crippen LogP contribution in [0.15, 0.2) is 0 Å². The van der Waals surface area contributed by atoms with Gasteiger partial charge in [0.25, 0.3) is 0 Å². The lowest BCUT2D eigenvalue weighted by molar-refractivity contribution is -0.154. The van der Waals surface area contributed by atoms with Gasteiger partial charge in [0, 0.05) is 13.0 Å². The van der Waals surface area contributed by atoms with Crippen LogP contribution >= 0.6 is 7.82 Å². The van der Waals surface area contributed by atoms with Crippen molar-refractivity contribution in [3.05, 3.63) is 0 Å². The Morgan fingerprint density at radius 2 is 0.900 bits per heavy atom. The Morgan fingerprint density at radius 1 is 0.540 bits per heavy atom. The highest BCUT2D eigenvalue weighted by molar-refractivity contribution is 7.47. The zero-order valence-electron chi connectivity index (χ0n) is 32.6. The first-order chi connectivity index (χ1) is 24.3. The second-order valence-corrected chi connectivity index (χ2v) is 15.8. The van der Waals surface area contributed by atoms with Gasteiger partial charge in [0.15, 0.2) is 0 Å². The third kappa shape index (κ3) is 37.2. The van der Waals surface area contributed by atoms with Crippen LogP contribution in [0.5, 0.6) is 0 Å². The summed E-state index contributed by atoms with van der Waals surface area (Å²) in [5.74, 6) is -0.377. The summed E-state index contributed by atoms with van der Waals surface area (Å²) in [6, 6.07) is 0. The Hall–Kier alpha value is -0.540. The van der Waals surface area contributed by atoms with E-state index in [1.165, 1.54) is 154 Å². The van der Waals surface area contributed by atoms with Crippen LogP contribution < -0.4 is 0 Å². The Morgan fingerprint density at radius 3 is 1.30 bits per heavy atom. The summed E-state index contributed by atoms with van der Waals surface area (Å²) >= 11 is 0. The van der Waals surface area contributed by atoms with E-state index in [1.807, 2.05) is 0 Å². The molecule has 0 fully saturated rings. The molecule has 0 saturated heterocycles.